The molecule has 1 aromatic rings. The summed E-state index contributed by atoms with van der Waals surface area (Å²) in [6, 6.07) is 6.35. The second-order valence-corrected chi connectivity index (χ2v) is 5.06. The van der Waals surface area contributed by atoms with Crippen molar-refractivity contribution in [2.45, 2.75) is 19.3 Å². The molecule has 1 unspecified atom stereocenters. The molecule has 0 radical (unpaired) electrons. The fourth-order valence-corrected chi connectivity index (χ4v) is 3.13. The summed E-state index contributed by atoms with van der Waals surface area (Å²) in [4.78, 5) is 2.41. The molecule has 17 heavy (non-hydrogen) atoms. The Morgan fingerprint density at radius 3 is 3.06 bits per heavy atom. The molecule has 3 rings (SSSR count). The van der Waals surface area contributed by atoms with E-state index in [4.69, 9.17) is 4.74 Å². The molecule has 1 heterocycles. The van der Waals surface area contributed by atoms with E-state index in [0.29, 0.717) is 5.92 Å². The lowest BCUT2D eigenvalue weighted by Gasteiger charge is -2.37. The Balaban J connectivity index is 2.07. The second-order valence-electron chi connectivity index (χ2n) is 5.06. The molecule has 1 aromatic carbocycles. The molecule has 1 aliphatic heterocycles. The van der Waals surface area contributed by atoms with E-state index in [1.54, 1.807) is 7.11 Å². The topological polar surface area (TPSA) is 12.5 Å². The van der Waals surface area contributed by atoms with Crippen molar-refractivity contribution in [2.75, 3.05) is 20.7 Å². The highest BCUT2D eigenvalue weighted by Crippen LogP contribution is 2.39. The Kier molecular flexibility index (Phi) is 2.58. The zero-order valence-electron chi connectivity index (χ0n) is 10.6. The minimum absolute atomic E-state index is 0.692. The molecule has 1 saturated heterocycles. The Morgan fingerprint density at radius 1 is 1.35 bits per heavy atom. The zero-order chi connectivity index (χ0) is 11.8. The molecule has 0 N–H and O–H groups in total. The molecule has 0 saturated carbocycles. The van der Waals surface area contributed by atoms with Gasteiger partial charge in [0.1, 0.15) is 5.75 Å². The van der Waals surface area contributed by atoms with Crippen LogP contribution in [0.3, 0.4) is 0 Å². The van der Waals surface area contributed by atoms with Crippen molar-refractivity contribution in [3.05, 3.63) is 35.0 Å². The first-order chi connectivity index (χ1) is 8.29. The van der Waals surface area contributed by atoms with E-state index in [-0.39, 0.29) is 0 Å². The largest absolute Gasteiger partial charge is 0.496 e. The molecule has 2 nitrogen and oxygen atoms in total. The average molecular weight is 229 g/mol. The lowest BCUT2D eigenvalue weighted by atomic mass is 9.81. The maximum Gasteiger partial charge on any atom is 0.122 e. The van der Waals surface area contributed by atoms with E-state index in [1.807, 2.05) is 0 Å². The number of ether oxygens (including phenoxy) is 1. The van der Waals surface area contributed by atoms with E-state index < -0.39 is 0 Å². The number of hydrogen-bond acceptors (Lipinski definition) is 2. The van der Waals surface area contributed by atoms with Crippen LogP contribution in [0.2, 0.25) is 0 Å². The van der Waals surface area contributed by atoms with Crippen molar-refractivity contribution >= 4 is 6.08 Å². The van der Waals surface area contributed by atoms with E-state index in [9.17, 15) is 0 Å². The van der Waals surface area contributed by atoms with Gasteiger partial charge in [-0.05, 0) is 37.0 Å². The van der Waals surface area contributed by atoms with Gasteiger partial charge in [0.05, 0.1) is 7.11 Å². The highest BCUT2D eigenvalue weighted by atomic mass is 16.5. The van der Waals surface area contributed by atoms with Gasteiger partial charge >= 0.3 is 0 Å². The molecule has 0 spiro atoms. The molecule has 0 bridgehead atoms. The molecule has 2 aliphatic rings. The predicted molar refractivity (Wildman–Crippen MR) is 70.0 cm³/mol. The van der Waals surface area contributed by atoms with Crippen molar-refractivity contribution in [1.29, 1.82) is 0 Å². The van der Waals surface area contributed by atoms with Crippen molar-refractivity contribution in [3.63, 3.8) is 0 Å². The van der Waals surface area contributed by atoms with Gasteiger partial charge in [0, 0.05) is 30.8 Å². The molecule has 1 atom stereocenters. The van der Waals surface area contributed by atoms with Crippen LogP contribution in [0.25, 0.3) is 6.08 Å². The maximum absolute atomic E-state index is 5.48. The van der Waals surface area contributed by atoms with Crippen molar-refractivity contribution < 1.29 is 4.74 Å². The van der Waals surface area contributed by atoms with Crippen LogP contribution < -0.4 is 4.74 Å². The summed E-state index contributed by atoms with van der Waals surface area (Å²) in [5.74, 6) is 1.74. The Hall–Kier alpha value is -1.44. The van der Waals surface area contributed by atoms with Gasteiger partial charge in [-0.2, -0.15) is 0 Å². The highest BCUT2D eigenvalue weighted by molar-refractivity contribution is 5.63. The number of rotatable bonds is 1. The number of benzene rings is 1. The van der Waals surface area contributed by atoms with Gasteiger partial charge in [-0.1, -0.05) is 12.1 Å². The molecule has 0 amide bonds. The van der Waals surface area contributed by atoms with Crippen LogP contribution >= 0.6 is 0 Å². The van der Waals surface area contributed by atoms with Crippen LogP contribution in [0.5, 0.6) is 5.75 Å². The number of nitrogens with zero attached hydrogens (tertiary/aromatic N) is 1. The SMILES string of the molecule is COc1cccc2c1CC1CCCN(C)C1=C2. The summed E-state index contributed by atoms with van der Waals surface area (Å²) in [7, 11) is 3.98. The molecular weight excluding hydrogens is 210 g/mol. The lowest BCUT2D eigenvalue weighted by Crippen LogP contribution is -2.32. The molecule has 2 heteroatoms. The summed E-state index contributed by atoms with van der Waals surface area (Å²) in [6.45, 7) is 1.20. The first kappa shape index (κ1) is 10.7. The van der Waals surface area contributed by atoms with Crippen molar-refractivity contribution in [2.24, 2.45) is 5.92 Å². The van der Waals surface area contributed by atoms with Gasteiger partial charge in [0.15, 0.2) is 0 Å². The minimum atomic E-state index is 0.692. The normalized spacial score (nSPS) is 22.6. The van der Waals surface area contributed by atoms with Gasteiger partial charge in [0.25, 0.3) is 0 Å². The average Bonchev–Trinajstić information content (AvgIpc) is 2.36. The number of piperidine rings is 1. The molecular formula is C15H19NO. The molecule has 1 aliphatic carbocycles. The third-order valence-corrected chi connectivity index (χ3v) is 4.05. The number of likely N-dealkylation sites (tertiary alicyclic amines) is 1. The Labute approximate surface area is 103 Å². The van der Waals surface area contributed by atoms with Gasteiger partial charge < -0.3 is 9.64 Å². The van der Waals surface area contributed by atoms with E-state index in [2.05, 4.69) is 36.2 Å². The fraction of sp³-hybridized carbons (Fsp3) is 0.467. The fourth-order valence-electron chi connectivity index (χ4n) is 3.13. The van der Waals surface area contributed by atoms with E-state index >= 15 is 0 Å². The maximum atomic E-state index is 5.48. The number of allylic oxidation sites excluding steroid dienone is 1. The highest BCUT2D eigenvalue weighted by Gasteiger charge is 2.28. The summed E-state index contributed by atoms with van der Waals surface area (Å²) in [5.41, 5.74) is 4.24. The third kappa shape index (κ3) is 1.72. The monoisotopic (exact) mass is 229 g/mol. The van der Waals surface area contributed by atoms with Gasteiger partial charge in [-0.25, -0.2) is 0 Å². The van der Waals surface area contributed by atoms with Crippen LogP contribution in [0.4, 0.5) is 0 Å². The van der Waals surface area contributed by atoms with Crippen molar-refractivity contribution in [1.82, 2.24) is 4.90 Å². The van der Waals surface area contributed by atoms with Gasteiger partial charge in [-0.3, -0.25) is 0 Å². The van der Waals surface area contributed by atoms with E-state index in [0.717, 1.165) is 12.2 Å². The smallest absolute Gasteiger partial charge is 0.122 e. The van der Waals surface area contributed by atoms with Crippen LogP contribution in [0.15, 0.2) is 23.9 Å². The zero-order valence-corrected chi connectivity index (χ0v) is 10.6. The van der Waals surface area contributed by atoms with Crippen molar-refractivity contribution in [3.8, 4) is 5.75 Å². The van der Waals surface area contributed by atoms with Crippen LogP contribution in [-0.2, 0) is 6.42 Å². The number of hydrogen-bond donors (Lipinski definition) is 0. The van der Waals surface area contributed by atoms with Gasteiger partial charge in [0.2, 0.25) is 0 Å². The first-order valence-corrected chi connectivity index (χ1v) is 6.38. The van der Waals surface area contributed by atoms with Crippen LogP contribution in [-0.4, -0.2) is 25.6 Å². The van der Waals surface area contributed by atoms with Crippen LogP contribution in [0.1, 0.15) is 24.0 Å². The number of methoxy groups -OCH3 is 1. The Morgan fingerprint density at radius 2 is 2.24 bits per heavy atom. The van der Waals surface area contributed by atoms with Crippen LogP contribution in [0, 0.1) is 5.92 Å². The summed E-state index contributed by atoms with van der Waals surface area (Å²) in [6.07, 6.45) is 6.11. The molecule has 90 valence electrons. The summed E-state index contributed by atoms with van der Waals surface area (Å²) < 4.78 is 5.48. The minimum Gasteiger partial charge on any atom is -0.496 e. The van der Waals surface area contributed by atoms with Gasteiger partial charge in [-0.15, -0.1) is 0 Å². The summed E-state index contributed by atoms with van der Waals surface area (Å²) in [5, 5.41) is 0. The predicted octanol–water partition coefficient (Wildman–Crippen LogP) is 2.93. The second kappa shape index (κ2) is 4.10. The quantitative estimate of drug-likeness (QED) is 0.734. The molecule has 1 fully saturated rings. The standard InChI is InChI=1S/C15H19NO/c1-16-8-4-6-12-9-13-11(10-14(12)16)5-3-7-15(13)17-2/h3,5,7,10,12H,4,6,8-9H2,1-2H3. The molecule has 0 aromatic heterocycles. The lowest BCUT2D eigenvalue weighted by molar-refractivity contribution is 0.279. The summed E-state index contributed by atoms with van der Waals surface area (Å²) >= 11 is 0. The Bertz CT molecular complexity index is 464. The first-order valence-electron chi connectivity index (χ1n) is 6.38. The third-order valence-electron chi connectivity index (χ3n) is 4.05. The number of fused-ring (bicyclic) bond motifs is 2. The van der Waals surface area contributed by atoms with E-state index in [1.165, 1.54) is 36.2 Å².